The fourth-order valence-corrected chi connectivity index (χ4v) is 2.28. The highest BCUT2D eigenvalue weighted by Gasteiger charge is 2.12. The maximum absolute atomic E-state index is 9.44. The lowest BCUT2D eigenvalue weighted by Gasteiger charge is -2.17. The van der Waals surface area contributed by atoms with Gasteiger partial charge in [0, 0.05) is 0 Å². The van der Waals surface area contributed by atoms with Gasteiger partial charge in [0.05, 0.1) is 6.10 Å². The van der Waals surface area contributed by atoms with Gasteiger partial charge >= 0.3 is 0 Å². The first-order valence-corrected chi connectivity index (χ1v) is 5.87. The van der Waals surface area contributed by atoms with Gasteiger partial charge in [-0.1, -0.05) is 13.3 Å². The first kappa shape index (κ1) is 10.7. The molecule has 1 rings (SSSR count). The molecule has 1 nitrogen and oxygen atoms in total. The molecule has 0 amide bonds. The van der Waals surface area contributed by atoms with Crippen molar-refractivity contribution in [3.8, 4) is 0 Å². The van der Waals surface area contributed by atoms with E-state index in [1.54, 1.807) is 11.3 Å². The molecule has 0 saturated heterocycles. The van der Waals surface area contributed by atoms with Crippen LogP contribution in [0.25, 0.3) is 0 Å². The van der Waals surface area contributed by atoms with Crippen LogP contribution in [0.3, 0.4) is 0 Å². The number of aliphatic hydroxyl groups excluding tert-OH is 1. The van der Waals surface area contributed by atoms with Crippen molar-refractivity contribution in [2.45, 2.75) is 39.2 Å². The highest BCUT2D eigenvalue weighted by Crippen LogP contribution is 2.17. The molecule has 0 saturated carbocycles. The van der Waals surface area contributed by atoms with Crippen LogP contribution in [0.1, 0.15) is 32.3 Å². The van der Waals surface area contributed by atoms with Crippen LogP contribution < -0.4 is 0 Å². The van der Waals surface area contributed by atoms with E-state index in [1.165, 1.54) is 5.56 Å². The first-order valence-electron chi connectivity index (χ1n) is 4.93. The average Bonchev–Trinajstić information content (AvgIpc) is 2.57. The molecule has 0 bridgehead atoms. The summed E-state index contributed by atoms with van der Waals surface area (Å²) in [6.45, 7) is 4.03. The van der Waals surface area contributed by atoms with Crippen molar-refractivity contribution in [2.75, 3.05) is 0 Å². The Morgan fingerprint density at radius 2 is 2.31 bits per heavy atom. The topological polar surface area (TPSA) is 20.2 Å². The molecule has 0 aliphatic carbocycles. The molecule has 2 heteroatoms. The third-order valence-electron chi connectivity index (χ3n) is 2.59. The number of hydrogen-bond donors (Lipinski definition) is 1. The molecule has 0 aliphatic rings. The van der Waals surface area contributed by atoms with Crippen molar-refractivity contribution in [3.05, 3.63) is 22.4 Å². The smallest absolute Gasteiger partial charge is 0.0540 e. The van der Waals surface area contributed by atoms with Crippen LogP contribution in [0, 0.1) is 5.92 Å². The number of hydrogen-bond acceptors (Lipinski definition) is 2. The van der Waals surface area contributed by atoms with Gasteiger partial charge in [-0.2, -0.15) is 11.3 Å². The van der Waals surface area contributed by atoms with Crippen LogP contribution in [0.5, 0.6) is 0 Å². The zero-order chi connectivity index (χ0) is 9.68. The van der Waals surface area contributed by atoms with Crippen molar-refractivity contribution >= 4 is 11.3 Å². The van der Waals surface area contributed by atoms with Crippen LogP contribution in [0.2, 0.25) is 0 Å². The predicted octanol–water partition coefficient (Wildman–Crippen LogP) is 3.09. The average molecular weight is 198 g/mol. The van der Waals surface area contributed by atoms with E-state index >= 15 is 0 Å². The lowest BCUT2D eigenvalue weighted by molar-refractivity contribution is 0.118. The van der Waals surface area contributed by atoms with Crippen molar-refractivity contribution in [1.82, 2.24) is 0 Å². The molecule has 0 aliphatic heterocycles. The van der Waals surface area contributed by atoms with Gasteiger partial charge in [-0.15, -0.1) is 0 Å². The maximum atomic E-state index is 9.44. The lowest BCUT2D eigenvalue weighted by atomic mass is 9.94. The van der Waals surface area contributed by atoms with Gasteiger partial charge in [0.25, 0.3) is 0 Å². The van der Waals surface area contributed by atoms with Gasteiger partial charge in [-0.25, -0.2) is 0 Å². The van der Waals surface area contributed by atoms with Crippen LogP contribution in [0.4, 0.5) is 0 Å². The Morgan fingerprint density at radius 3 is 2.77 bits per heavy atom. The standard InChI is InChI=1S/C11H18OS/c1-3-11(9(2)12)5-4-10-6-7-13-8-10/h6-9,11-12H,3-5H2,1-2H3. The zero-order valence-corrected chi connectivity index (χ0v) is 9.18. The molecular weight excluding hydrogens is 180 g/mol. The molecule has 0 spiro atoms. The predicted molar refractivity (Wildman–Crippen MR) is 58.1 cm³/mol. The summed E-state index contributed by atoms with van der Waals surface area (Å²) in [6.07, 6.45) is 3.11. The summed E-state index contributed by atoms with van der Waals surface area (Å²) in [5, 5.41) is 13.7. The number of thiophene rings is 1. The molecule has 0 aromatic carbocycles. The van der Waals surface area contributed by atoms with Gasteiger partial charge in [0.1, 0.15) is 0 Å². The molecule has 1 N–H and O–H groups in total. The van der Waals surface area contributed by atoms with E-state index < -0.39 is 0 Å². The van der Waals surface area contributed by atoms with Gasteiger partial charge in [-0.05, 0) is 48.1 Å². The molecule has 13 heavy (non-hydrogen) atoms. The van der Waals surface area contributed by atoms with E-state index in [0.717, 1.165) is 19.3 Å². The molecule has 1 aromatic heterocycles. The monoisotopic (exact) mass is 198 g/mol. The summed E-state index contributed by atoms with van der Waals surface area (Å²) in [4.78, 5) is 0. The summed E-state index contributed by atoms with van der Waals surface area (Å²) < 4.78 is 0. The highest BCUT2D eigenvalue weighted by atomic mass is 32.1. The second-order valence-electron chi connectivity index (χ2n) is 3.58. The Labute approximate surface area is 84.4 Å². The van der Waals surface area contributed by atoms with Crippen molar-refractivity contribution in [2.24, 2.45) is 5.92 Å². The van der Waals surface area contributed by atoms with Crippen LogP contribution in [-0.2, 0) is 6.42 Å². The molecule has 2 unspecified atom stereocenters. The molecule has 74 valence electrons. The largest absolute Gasteiger partial charge is 0.393 e. The third-order valence-corrected chi connectivity index (χ3v) is 3.32. The summed E-state index contributed by atoms with van der Waals surface area (Å²) in [6, 6.07) is 2.17. The molecule has 1 heterocycles. The lowest BCUT2D eigenvalue weighted by Crippen LogP contribution is -2.16. The van der Waals surface area contributed by atoms with Gasteiger partial charge in [0.15, 0.2) is 0 Å². The van der Waals surface area contributed by atoms with Gasteiger partial charge in [-0.3, -0.25) is 0 Å². The molecule has 0 fully saturated rings. The second-order valence-corrected chi connectivity index (χ2v) is 4.36. The quantitative estimate of drug-likeness (QED) is 0.771. The highest BCUT2D eigenvalue weighted by molar-refractivity contribution is 7.07. The minimum absolute atomic E-state index is 0.163. The van der Waals surface area contributed by atoms with E-state index in [0.29, 0.717) is 5.92 Å². The maximum Gasteiger partial charge on any atom is 0.0540 e. The van der Waals surface area contributed by atoms with Gasteiger partial charge in [0.2, 0.25) is 0 Å². The number of aliphatic hydroxyl groups is 1. The number of aryl methyl sites for hydroxylation is 1. The second kappa shape index (κ2) is 5.40. The zero-order valence-electron chi connectivity index (χ0n) is 8.36. The van der Waals surface area contributed by atoms with E-state index in [1.807, 2.05) is 6.92 Å². The SMILES string of the molecule is CCC(CCc1ccsc1)C(C)O. The summed E-state index contributed by atoms with van der Waals surface area (Å²) in [5.41, 5.74) is 1.41. The van der Waals surface area contributed by atoms with Crippen molar-refractivity contribution < 1.29 is 5.11 Å². The first-order chi connectivity index (χ1) is 6.24. The minimum Gasteiger partial charge on any atom is -0.393 e. The number of rotatable bonds is 5. The molecule has 1 aromatic rings. The summed E-state index contributed by atoms with van der Waals surface area (Å²) >= 11 is 1.74. The van der Waals surface area contributed by atoms with Crippen LogP contribution >= 0.6 is 11.3 Å². The fraction of sp³-hybridized carbons (Fsp3) is 0.636. The van der Waals surface area contributed by atoms with E-state index in [9.17, 15) is 5.11 Å². The van der Waals surface area contributed by atoms with E-state index in [-0.39, 0.29) is 6.10 Å². The third kappa shape index (κ3) is 3.49. The minimum atomic E-state index is -0.163. The van der Waals surface area contributed by atoms with E-state index in [4.69, 9.17) is 0 Å². The Balaban J connectivity index is 2.32. The van der Waals surface area contributed by atoms with Gasteiger partial charge < -0.3 is 5.11 Å². The Bertz CT molecular complexity index is 216. The fourth-order valence-electron chi connectivity index (χ4n) is 1.57. The van der Waals surface area contributed by atoms with Crippen molar-refractivity contribution in [3.63, 3.8) is 0 Å². The summed E-state index contributed by atoms with van der Waals surface area (Å²) in [5.74, 6) is 0.458. The normalized spacial score (nSPS) is 15.6. The van der Waals surface area contributed by atoms with E-state index in [2.05, 4.69) is 23.8 Å². The summed E-state index contributed by atoms with van der Waals surface area (Å²) in [7, 11) is 0. The Kier molecular flexibility index (Phi) is 4.46. The Morgan fingerprint density at radius 1 is 1.54 bits per heavy atom. The Hall–Kier alpha value is -0.340. The molecule has 2 atom stereocenters. The molecular formula is C11H18OS. The molecule has 0 radical (unpaired) electrons. The van der Waals surface area contributed by atoms with Crippen LogP contribution in [-0.4, -0.2) is 11.2 Å². The van der Waals surface area contributed by atoms with Crippen molar-refractivity contribution in [1.29, 1.82) is 0 Å². The van der Waals surface area contributed by atoms with Crippen LogP contribution in [0.15, 0.2) is 16.8 Å².